The van der Waals surface area contributed by atoms with Gasteiger partial charge in [-0.25, -0.2) is 4.98 Å². The highest BCUT2D eigenvalue weighted by Gasteiger charge is 2.22. The fourth-order valence-electron chi connectivity index (χ4n) is 2.94. The van der Waals surface area contributed by atoms with E-state index in [2.05, 4.69) is 17.2 Å². The number of hydrogen-bond donors (Lipinski definition) is 1. The molecule has 5 nitrogen and oxygen atoms in total. The van der Waals surface area contributed by atoms with Gasteiger partial charge in [-0.15, -0.1) is 11.3 Å². The second-order valence-electron chi connectivity index (χ2n) is 5.75. The SMILES string of the molecule is C[C@H]1CCCC[C@@H]1NC(=O)Cn1cnc2sccc2c1=O. The van der Waals surface area contributed by atoms with E-state index < -0.39 is 0 Å². The number of fused-ring (bicyclic) bond motifs is 1. The zero-order chi connectivity index (χ0) is 14.8. The topological polar surface area (TPSA) is 64.0 Å². The molecule has 0 aliphatic heterocycles. The van der Waals surface area contributed by atoms with Crippen LogP contribution in [0.4, 0.5) is 0 Å². The van der Waals surface area contributed by atoms with Gasteiger partial charge < -0.3 is 5.32 Å². The van der Waals surface area contributed by atoms with Gasteiger partial charge in [0.1, 0.15) is 11.4 Å². The van der Waals surface area contributed by atoms with E-state index in [0.29, 0.717) is 11.3 Å². The summed E-state index contributed by atoms with van der Waals surface area (Å²) in [4.78, 5) is 29.3. The van der Waals surface area contributed by atoms with E-state index in [4.69, 9.17) is 0 Å². The fraction of sp³-hybridized carbons (Fsp3) is 0.533. The maximum Gasteiger partial charge on any atom is 0.262 e. The third kappa shape index (κ3) is 3.00. The van der Waals surface area contributed by atoms with E-state index in [1.807, 2.05) is 5.38 Å². The Balaban J connectivity index is 1.71. The number of carbonyl (C=O) groups excluding carboxylic acids is 1. The molecule has 1 fully saturated rings. The first kappa shape index (κ1) is 14.3. The molecule has 0 radical (unpaired) electrons. The third-order valence-corrected chi connectivity index (χ3v) is 5.04. The Morgan fingerprint density at radius 3 is 3.10 bits per heavy atom. The highest BCUT2D eigenvalue weighted by Crippen LogP contribution is 2.23. The van der Waals surface area contributed by atoms with Crippen LogP contribution < -0.4 is 10.9 Å². The van der Waals surface area contributed by atoms with Gasteiger partial charge >= 0.3 is 0 Å². The Hall–Kier alpha value is -1.69. The van der Waals surface area contributed by atoms with Crippen LogP contribution in [0.1, 0.15) is 32.6 Å². The molecule has 1 N–H and O–H groups in total. The summed E-state index contributed by atoms with van der Waals surface area (Å²) in [6.07, 6.45) is 6.06. The molecule has 112 valence electrons. The average Bonchev–Trinajstić information content (AvgIpc) is 2.94. The number of carbonyl (C=O) groups is 1. The van der Waals surface area contributed by atoms with Gasteiger partial charge in [0.15, 0.2) is 0 Å². The van der Waals surface area contributed by atoms with Crippen molar-refractivity contribution in [2.45, 2.75) is 45.2 Å². The first-order valence-electron chi connectivity index (χ1n) is 7.37. The number of hydrogen-bond acceptors (Lipinski definition) is 4. The van der Waals surface area contributed by atoms with Crippen LogP contribution in [0.15, 0.2) is 22.6 Å². The molecule has 3 rings (SSSR count). The van der Waals surface area contributed by atoms with Crippen molar-refractivity contribution in [3.63, 3.8) is 0 Å². The number of rotatable bonds is 3. The smallest absolute Gasteiger partial charge is 0.262 e. The fourth-order valence-corrected chi connectivity index (χ4v) is 3.67. The second kappa shape index (κ2) is 5.97. The molecule has 2 heterocycles. The molecule has 1 saturated carbocycles. The van der Waals surface area contributed by atoms with Crippen molar-refractivity contribution >= 4 is 27.5 Å². The van der Waals surface area contributed by atoms with Crippen LogP contribution in [-0.2, 0) is 11.3 Å². The predicted molar refractivity (Wildman–Crippen MR) is 83.4 cm³/mol. The first-order valence-corrected chi connectivity index (χ1v) is 8.25. The molecule has 21 heavy (non-hydrogen) atoms. The zero-order valence-electron chi connectivity index (χ0n) is 12.0. The summed E-state index contributed by atoms with van der Waals surface area (Å²) in [5.74, 6) is 0.407. The van der Waals surface area contributed by atoms with Gasteiger partial charge in [-0.3, -0.25) is 14.2 Å². The van der Waals surface area contributed by atoms with Crippen LogP contribution in [0, 0.1) is 5.92 Å². The van der Waals surface area contributed by atoms with Crippen LogP contribution in [0.5, 0.6) is 0 Å². The van der Waals surface area contributed by atoms with Crippen LogP contribution in [0.3, 0.4) is 0 Å². The normalized spacial score (nSPS) is 22.3. The third-order valence-electron chi connectivity index (χ3n) is 4.22. The van der Waals surface area contributed by atoms with Gasteiger partial charge in [-0.05, 0) is 30.2 Å². The monoisotopic (exact) mass is 305 g/mol. The lowest BCUT2D eigenvalue weighted by atomic mass is 9.86. The minimum absolute atomic E-state index is 0.0425. The standard InChI is InChI=1S/C15H19N3O2S/c1-10-4-2-3-5-12(10)17-13(19)8-18-9-16-14-11(15(18)20)6-7-21-14/h6-7,9-10,12H,2-5,8H2,1H3,(H,17,19)/t10-,12-/m0/s1. The number of thiophene rings is 1. The van der Waals surface area contributed by atoms with Gasteiger partial charge in [0.25, 0.3) is 5.56 Å². The molecular formula is C15H19N3O2S. The molecule has 1 aliphatic carbocycles. The zero-order valence-corrected chi connectivity index (χ0v) is 12.9. The van der Waals surface area contributed by atoms with Crippen molar-refractivity contribution < 1.29 is 4.79 Å². The van der Waals surface area contributed by atoms with E-state index in [1.165, 1.54) is 28.7 Å². The van der Waals surface area contributed by atoms with Gasteiger partial charge in [-0.2, -0.15) is 0 Å². The highest BCUT2D eigenvalue weighted by molar-refractivity contribution is 7.16. The van der Waals surface area contributed by atoms with E-state index in [0.717, 1.165) is 24.1 Å². The summed E-state index contributed by atoms with van der Waals surface area (Å²) in [6.45, 7) is 2.22. The summed E-state index contributed by atoms with van der Waals surface area (Å²) in [5, 5.41) is 5.49. The quantitative estimate of drug-likeness (QED) is 0.945. The summed E-state index contributed by atoms with van der Waals surface area (Å²) in [5.41, 5.74) is -0.145. The molecule has 6 heteroatoms. The number of amides is 1. The summed E-state index contributed by atoms with van der Waals surface area (Å²) in [6, 6.07) is 1.99. The van der Waals surface area contributed by atoms with Crippen molar-refractivity contribution in [2.24, 2.45) is 5.92 Å². The molecular weight excluding hydrogens is 286 g/mol. The molecule has 1 amide bonds. The summed E-state index contributed by atoms with van der Waals surface area (Å²) in [7, 11) is 0. The van der Waals surface area contributed by atoms with Crippen LogP contribution in [0.25, 0.3) is 10.2 Å². The lowest BCUT2D eigenvalue weighted by Crippen LogP contribution is -2.43. The minimum atomic E-state index is -0.145. The van der Waals surface area contributed by atoms with Gasteiger partial charge in [0.2, 0.25) is 5.91 Å². The molecule has 0 spiro atoms. The van der Waals surface area contributed by atoms with E-state index >= 15 is 0 Å². The summed E-state index contributed by atoms with van der Waals surface area (Å²) >= 11 is 1.43. The van der Waals surface area contributed by atoms with E-state index in [1.54, 1.807) is 6.07 Å². The van der Waals surface area contributed by atoms with Gasteiger partial charge in [-0.1, -0.05) is 19.8 Å². The molecule has 0 bridgehead atoms. The molecule has 2 atom stereocenters. The number of nitrogens with one attached hydrogen (secondary N) is 1. The van der Waals surface area contributed by atoms with Crippen LogP contribution in [-0.4, -0.2) is 21.5 Å². The molecule has 2 aromatic rings. The van der Waals surface area contributed by atoms with Crippen LogP contribution in [0.2, 0.25) is 0 Å². The second-order valence-corrected chi connectivity index (χ2v) is 6.65. The Morgan fingerprint density at radius 1 is 1.48 bits per heavy atom. The molecule has 0 unspecified atom stereocenters. The van der Waals surface area contributed by atoms with E-state index in [9.17, 15) is 9.59 Å². The maximum atomic E-state index is 12.2. The predicted octanol–water partition coefficient (Wildman–Crippen LogP) is 2.15. The number of nitrogens with zero attached hydrogens (tertiary/aromatic N) is 2. The lowest BCUT2D eigenvalue weighted by Gasteiger charge is -2.29. The highest BCUT2D eigenvalue weighted by atomic mass is 32.1. The largest absolute Gasteiger partial charge is 0.352 e. The van der Waals surface area contributed by atoms with Crippen molar-refractivity contribution in [1.82, 2.24) is 14.9 Å². The van der Waals surface area contributed by atoms with Crippen molar-refractivity contribution in [3.05, 3.63) is 28.1 Å². The van der Waals surface area contributed by atoms with Gasteiger partial charge in [0.05, 0.1) is 11.7 Å². The molecule has 0 aromatic carbocycles. The lowest BCUT2D eigenvalue weighted by molar-refractivity contribution is -0.123. The Morgan fingerprint density at radius 2 is 2.29 bits per heavy atom. The Kier molecular flexibility index (Phi) is 4.05. The molecule has 1 aliphatic rings. The van der Waals surface area contributed by atoms with Gasteiger partial charge in [0, 0.05) is 6.04 Å². The molecule has 0 saturated heterocycles. The van der Waals surface area contributed by atoms with Crippen molar-refractivity contribution in [1.29, 1.82) is 0 Å². The first-order chi connectivity index (χ1) is 10.1. The van der Waals surface area contributed by atoms with Crippen molar-refractivity contribution in [3.8, 4) is 0 Å². The van der Waals surface area contributed by atoms with Crippen molar-refractivity contribution in [2.75, 3.05) is 0 Å². The maximum absolute atomic E-state index is 12.2. The Labute approximate surface area is 127 Å². The Bertz CT molecular complexity index is 706. The number of aromatic nitrogens is 2. The summed E-state index contributed by atoms with van der Waals surface area (Å²) < 4.78 is 1.39. The molecule has 2 aromatic heterocycles. The minimum Gasteiger partial charge on any atom is -0.352 e. The van der Waals surface area contributed by atoms with Crippen LogP contribution >= 0.6 is 11.3 Å². The van der Waals surface area contributed by atoms with E-state index in [-0.39, 0.29) is 24.1 Å². The average molecular weight is 305 g/mol.